The van der Waals surface area contributed by atoms with Crippen molar-refractivity contribution < 1.29 is 4.39 Å². The molecule has 0 aliphatic carbocycles. The fourth-order valence-electron chi connectivity index (χ4n) is 2.83. The Morgan fingerprint density at radius 1 is 1.00 bits per heavy atom. The highest BCUT2D eigenvalue weighted by Crippen LogP contribution is 2.22. The molecule has 1 aliphatic heterocycles. The summed E-state index contributed by atoms with van der Waals surface area (Å²) < 4.78 is 14.0. The number of para-hydroxylation sites is 1. The Balaban J connectivity index is 1.74. The molecule has 0 amide bonds. The van der Waals surface area contributed by atoms with Gasteiger partial charge in [0, 0.05) is 46.5 Å². The molecule has 1 aromatic carbocycles. The van der Waals surface area contributed by atoms with Gasteiger partial charge >= 0.3 is 0 Å². The van der Waals surface area contributed by atoms with E-state index < -0.39 is 0 Å². The highest BCUT2D eigenvalue weighted by molar-refractivity contribution is 5.49. The van der Waals surface area contributed by atoms with Crippen LogP contribution in [0, 0.1) is 5.82 Å². The lowest BCUT2D eigenvalue weighted by atomic mass is 10.2. The summed E-state index contributed by atoms with van der Waals surface area (Å²) in [5, 5.41) is 0. The van der Waals surface area contributed by atoms with Crippen LogP contribution < -0.4 is 14.7 Å². The van der Waals surface area contributed by atoms with Gasteiger partial charge in [0.05, 0.1) is 5.69 Å². The van der Waals surface area contributed by atoms with E-state index in [0.717, 1.165) is 38.4 Å². The van der Waals surface area contributed by atoms with Gasteiger partial charge in [-0.15, -0.1) is 0 Å². The van der Waals surface area contributed by atoms with Crippen LogP contribution in [0.25, 0.3) is 0 Å². The van der Waals surface area contributed by atoms with Gasteiger partial charge in [-0.25, -0.2) is 9.37 Å². The Morgan fingerprint density at radius 2 is 1.74 bits per heavy atom. The van der Waals surface area contributed by atoms with Crippen LogP contribution in [0.3, 0.4) is 0 Å². The number of halogens is 1. The Hall–Kier alpha value is -2.37. The van der Waals surface area contributed by atoms with Gasteiger partial charge in [-0.3, -0.25) is 0 Å². The van der Waals surface area contributed by atoms with Crippen LogP contribution in [0.5, 0.6) is 0 Å². The summed E-state index contributed by atoms with van der Waals surface area (Å²) in [7, 11) is 3.86. The number of hydrogen-bond acceptors (Lipinski definition) is 5. The molecule has 2 heterocycles. The lowest BCUT2D eigenvalue weighted by Gasteiger charge is -2.25. The van der Waals surface area contributed by atoms with Gasteiger partial charge in [0.1, 0.15) is 11.6 Å². The third-order valence-electron chi connectivity index (χ3n) is 4.04. The number of benzene rings is 1. The maximum Gasteiger partial charge on any atom is 0.226 e. The molecule has 5 nitrogen and oxygen atoms in total. The molecule has 23 heavy (non-hydrogen) atoms. The molecule has 0 atom stereocenters. The molecule has 1 aromatic heterocycles. The molecule has 6 heteroatoms. The van der Waals surface area contributed by atoms with Crippen LogP contribution in [0.4, 0.5) is 21.8 Å². The summed E-state index contributed by atoms with van der Waals surface area (Å²) in [5.41, 5.74) is 0.686. The maximum atomic E-state index is 14.0. The predicted octanol–water partition coefficient (Wildman–Crippen LogP) is 2.40. The highest BCUT2D eigenvalue weighted by atomic mass is 19.1. The first kappa shape index (κ1) is 15.5. The van der Waals surface area contributed by atoms with Crippen molar-refractivity contribution in [2.45, 2.75) is 6.42 Å². The standard InChI is InChI=1S/C17H22FN5/c1-21(2)17-19-9-8-16(20-17)23-11-5-10-22(12-13-23)15-7-4-3-6-14(15)18/h3-4,6-9H,5,10-13H2,1-2H3. The lowest BCUT2D eigenvalue weighted by Crippen LogP contribution is -2.31. The van der Waals surface area contributed by atoms with Crippen LogP contribution in [0.2, 0.25) is 0 Å². The van der Waals surface area contributed by atoms with Crippen molar-refractivity contribution in [3.05, 3.63) is 42.3 Å². The van der Waals surface area contributed by atoms with Crippen molar-refractivity contribution in [1.82, 2.24) is 9.97 Å². The number of anilines is 3. The first-order chi connectivity index (χ1) is 11.1. The van der Waals surface area contributed by atoms with E-state index in [9.17, 15) is 4.39 Å². The second kappa shape index (κ2) is 6.81. The fraction of sp³-hybridized carbons (Fsp3) is 0.412. The largest absolute Gasteiger partial charge is 0.367 e. The molecular formula is C17H22FN5. The smallest absolute Gasteiger partial charge is 0.226 e. The van der Waals surface area contributed by atoms with Gasteiger partial charge in [-0.1, -0.05) is 12.1 Å². The molecule has 1 saturated heterocycles. The molecule has 0 saturated carbocycles. The minimum absolute atomic E-state index is 0.155. The summed E-state index contributed by atoms with van der Waals surface area (Å²) in [4.78, 5) is 15.1. The molecule has 1 aliphatic rings. The van der Waals surface area contributed by atoms with Crippen LogP contribution in [-0.2, 0) is 0 Å². The minimum atomic E-state index is -0.155. The summed E-state index contributed by atoms with van der Waals surface area (Å²) in [6, 6.07) is 8.92. The van der Waals surface area contributed by atoms with Crippen molar-refractivity contribution in [3.63, 3.8) is 0 Å². The van der Waals surface area contributed by atoms with Gasteiger partial charge in [0.2, 0.25) is 5.95 Å². The second-order valence-corrected chi connectivity index (χ2v) is 5.89. The first-order valence-corrected chi connectivity index (χ1v) is 7.90. The molecule has 0 bridgehead atoms. The molecule has 3 rings (SSSR count). The fourth-order valence-corrected chi connectivity index (χ4v) is 2.83. The van der Waals surface area contributed by atoms with E-state index in [0.29, 0.717) is 11.6 Å². The van der Waals surface area contributed by atoms with Gasteiger partial charge < -0.3 is 14.7 Å². The normalized spacial score (nSPS) is 15.4. The second-order valence-electron chi connectivity index (χ2n) is 5.89. The summed E-state index contributed by atoms with van der Waals surface area (Å²) in [5.74, 6) is 1.48. The third-order valence-corrected chi connectivity index (χ3v) is 4.04. The summed E-state index contributed by atoms with van der Waals surface area (Å²) in [6.07, 6.45) is 2.76. The zero-order valence-corrected chi connectivity index (χ0v) is 13.6. The Labute approximate surface area is 136 Å². The molecule has 0 unspecified atom stereocenters. The number of nitrogens with zero attached hydrogens (tertiary/aromatic N) is 5. The molecule has 1 fully saturated rings. The topological polar surface area (TPSA) is 35.5 Å². The van der Waals surface area contributed by atoms with Crippen LogP contribution >= 0.6 is 0 Å². The van der Waals surface area contributed by atoms with E-state index in [4.69, 9.17) is 0 Å². The number of hydrogen-bond donors (Lipinski definition) is 0. The first-order valence-electron chi connectivity index (χ1n) is 7.90. The third kappa shape index (κ3) is 3.52. The van der Waals surface area contributed by atoms with Gasteiger partial charge in [-0.05, 0) is 24.6 Å². The molecule has 0 spiro atoms. The van der Waals surface area contributed by atoms with Gasteiger partial charge in [-0.2, -0.15) is 4.98 Å². The van der Waals surface area contributed by atoms with E-state index in [1.54, 1.807) is 12.3 Å². The van der Waals surface area contributed by atoms with Crippen molar-refractivity contribution in [2.75, 3.05) is 55.0 Å². The summed E-state index contributed by atoms with van der Waals surface area (Å²) >= 11 is 0. The van der Waals surface area contributed by atoms with Crippen LogP contribution in [-0.4, -0.2) is 50.2 Å². The quantitative estimate of drug-likeness (QED) is 0.869. The average Bonchev–Trinajstić information content (AvgIpc) is 2.81. The van der Waals surface area contributed by atoms with Gasteiger partial charge in [0.25, 0.3) is 0 Å². The predicted molar refractivity (Wildman–Crippen MR) is 91.8 cm³/mol. The van der Waals surface area contributed by atoms with E-state index in [2.05, 4.69) is 19.8 Å². The zero-order chi connectivity index (χ0) is 16.2. The summed E-state index contributed by atoms with van der Waals surface area (Å²) in [6.45, 7) is 3.36. The Kier molecular flexibility index (Phi) is 4.60. The molecule has 0 N–H and O–H groups in total. The van der Waals surface area contributed by atoms with Crippen molar-refractivity contribution >= 4 is 17.5 Å². The SMILES string of the molecule is CN(C)c1nccc(N2CCCN(c3ccccc3F)CC2)n1. The van der Waals surface area contributed by atoms with E-state index >= 15 is 0 Å². The van der Waals surface area contributed by atoms with Gasteiger partial charge in [0.15, 0.2) is 0 Å². The van der Waals surface area contributed by atoms with Crippen LogP contribution in [0.15, 0.2) is 36.5 Å². The lowest BCUT2D eigenvalue weighted by molar-refractivity contribution is 0.618. The van der Waals surface area contributed by atoms with Crippen molar-refractivity contribution in [1.29, 1.82) is 0 Å². The molecule has 122 valence electrons. The van der Waals surface area contributed by atoms with Crippen molar-refractivity contribution in [3.8, 4) is 0 Å². The van der Waals surface area contributed by atoms with E-state index in [1.807, 2.05) is 37.2 Å². The van der Waals surface area contributed by atoms with Crippen LogP contribution in [0.1, 0.15) is 6.42 Å². The average molecular weight is 315 g/mol. The monoisotopic (exact) mass is 315 g/mol. The maximum absolute atomic E-state index is 14.0. The van der Waals surface area contributed by atoms with E-state index in [-0.39, 0.29) is 5.82 Å². The Bertz CT molecular complexity index is 661. The molecule has 0 radical (unpaired) electrons. The van der Waals surface area contributed by atoms with Crippen molar-refractivity contribution in [2.24, 2.45) is 0 Å². The highest BCUT2D eigenvalue weighted by Gasteiger charge is 2.18. The minimum Gasteiger partial charge on any atom is -0.367 e. The zero-order valence-electron chi connectivity index (χ0n) is 13.6. The number of rotatable bonds is 3. The molecular weight excluding hydrogens is 293 g/mol. The molecule has 2 aromatic rings. The van der Waals surface area contributed by atoms with E-state index in [1.165, 1.54) is 6.07 Å². The number of aromatic nitrogens is 2. The Morgan fingerprint density at radius 3 is 2.52 bits per heavy atom.